The van der Waals surface area contributed by atoms with Crippen LogP contribution in [-0.2, 0) is 29.4 Å². The zero-order valence-corrected chi connectivity index (χ0v) is 19.5. The molecule has 0 aliphatic carbocycles. The lowest BCUT2D eigenvalue weighted by atomic mass is 10.1. The van der Waals surface area contributed by atoms with Gasteiger partial charge in [-0.3, -0.25) is 9.59 Å². The van der Waals surface area contributed by atoms with Crippen LogP contribution in [0.4, 0.5) is 5.69 Å². The first kappa shape index (κ1) is 23.9. The van der Waals surface area contributed by atoms with E-state index in [2.05, 4.69) is 4.72 Å². The van der Waals surface area contributed by atoms with E-state index in [0.717, 1.165) is 11.2 Å². The second-order valence-electron chi connectivity index (χ2n) is 7.38. The summed E-state index contributed by atoms with van der Waals surface area (Å²) in [4.78, 5) is 25.3. The summed E-state index contributed by atoms with van der Waals surface area (Å²) in [7, 11) is -6.05. The van der Waals surface area contributed by atoms with Crippen molar-refractivity contribution in [1.29, 1.82) is 0 Å². The van der Waals surface area contributed by atoms with Gasteiger partial charge in [0, 0.05) is 25.1 Å². The maximum absolute atomic E-state index is 13.1. The zero-order chi connectivity index (χ0) is 23.7. The number of hydrogen-bond acceptors (Lipinski definition) is 7. The Balaban J connectivity index is 1.94. The summed E-state index contributed by atoms with van der Waals surface area (Å²) in [6.07, 6.45) is 1.61. The largest absolute Gasteiger partial charge is 0.495 e. The van der Waals surface area contributed by atoms with E-state index >= 15 is 0 Å². The molecule has 1 atom stereocenters. The molecule has 0 aromatic heterocycles. The molecule has 11 heteroatoms. The lowest BCUT2D eigenvalue weighted by Gasteiger charge is -2.21. The summed E-state index contributed by atoms with van der Waals surface area (Å²) in [5, 5.41) is 0. The molecule has 2 amide bonds. The van der Waals surface area contributed by atoms with E-state index in [1.165, 1.54) is 37.4 Å². The molecular formula is C21H24N2O7S2. The number of nitrogens with one attached hydrogen (secondary N) is 1. The van der Waals surface area contributed by atoms with E-state index in [0.29, 0.717) is 12.0 Å². The minimum absolute atomic E-state index is 0.0542. The Morgan fingerprint density at radius 1 is 0.969 bits per heavy atom. The van der Waals surface area contributed by atoms with Gasteiger partial charge in [0.15, 0.2) is 9.84 Å². The molecule has 1 aliphatic heterocycles. The summed E-state index contributed by atoms with van der Waals surface area (Å²) in [6, 6.07) is 9.33. The number of rotatable bonds is 8. The number of hydrogen-bond donors (Lipinski definition) is 1. The molecule has 2 aromatic carbocycles. The lowest BCUT2D eigenvalue weighted by Crippen LogP contribution is -2.31. The number of carbonyl (C=O) groups is 2. The number of methoxy groups -OCH3 is 1. The second kappa shape index (κ2) is 9.00. The van der Waals surface area contributed by atoms with Crippen molar-refractivity contribution in [3.8, 4) is 5.75 Å². The Labute approximate surface area is 187 Å². The van der Waals surface area contributed by atoms with Crippen molar-refractivity contribution in [3.05, 3.63) is 48.0 Å². The van der Waals surface area contributed by atoms with Crippen LogP contribution in [0.2, 0.25) is 0 Å². The SMILES string of the molecule is CCC(NS(=O)(=O)c1ccc(OC)c(N2C(=O)CCC2=O)c1)c1ccc(S(C)(=O)=O)cc1. The Bertz CT molecular complexity index is 1240. The van der Waals surface area contributed by atoms with Crippen molar-refractivity contribution in [2.24, 2.45) is 0 Å². The van der Waals surface area contributed by atoms with Crippen molar-refractivity contribution in [2.45, 2.75) is 42.0 Å². The Kier molecular flexibility index (Phi) is 6.72. The number of sulfonamides is 1. The number of amides is 2. The van der Waals surface area contributed by atoms with Crippen LogP contribution in [0.3, 0.4) is 0 Å². The van der Waals surface area contributed by atoms with Gasteiger partial charge in [0.2, 0.25) is 21.8 Å². The highest BCUT2D eigenvalue weighted by Gasteiger charge is 2.33. The maximum atomic E-state index is 13.1. The van der Waals surface area contributed by atoms with Gasteiger partial charge in [0.1, 0.15) is 5.75 Å². The van der Waals surface area contributed by atoms with Crippen LogP contribution in [0.5, 0.6) is 5.75 Å². The first-order chi connectivity index (χ1) is 15.0. The molecule has 1 N–H and O–H groups in total. The summed E-state index contributed by atoms with van der Waals surface area (Å²) < 4.78 is 57.3. The summed E-state index contributed by atoms with van der Waals surface area (Å²) >= 11 is 0. The monoisotopic (exact) mass is 480 g/mol. The average molecular weight is 481 g/mol. The van der Waals surface area contributed by atoms with Crippen molar-refractivity contribution in [1.82, 2.24) is 4.72 Å². The van der Waals surface area contributed by atoms with E-state index in [-0.39, 0.29) is 34.1 Å². The van der Waals surface area contributed by atoms with Gasteiger partial charge in [0.05, 0.1) is 22.6 Å². The molecule has 2 aromatic rings. The van der Waals surface area contributed by atoms with Gasteiger partial charge in [-0.2, -0.15) is 0 Å². The number of nitrogens with zero attached hydrogens (tertiary/aromatic N) is 1. The molecule has 0 bridgehead atoms. The molecule has 9 nitrogen and oxygen atoms in total. The van der Waals surface area contributed by atoms with E-state index in [9.17, 15) is 26.4 Å². The van der Waals surface area contributed by atoms with E-state index in [4.69, 9.17) is 4.74 Å². The quantitative estimate of drug-likeness (QED) is 0.574. The van der Waals surface area contributed by atoms with Gasteiger partial charge in [-0.15, -0.1) is 0 Å². The maximum Gasteiger partial charge on any atom is 0.241 e. The highest BCUT2D eigenvalue weighted by molar-refractivity contribution is 7.90. The summed E-state index contributed by atoms with van der Waals surface area (Å²) in [5.74, 6) is -0.641. The van der Waals surface area contributed by atoms with E-state index < -0.39 is 37.7 Å². The van der Waals surface area contributed by atoms with Crippen LogP contribution in [0.15, 0.2) is 52.3 Å². The van der Waals surface area contributed by atoms with Gasteiger partial charge in [-0.05, 0) is 42.3 Å². The molecule has 1 aliphatic rings. The highest BCUT2D eigenvalue weighted by atomic mass is 32.2. The third-order valence-electron chi connectivity index (χ3n) is 5.17. The molecule has 0 spiro atoms. The predicted molar refractivity (Wildman–Crippen MR) is 118 cm³/mol. The van der Waals surface area contributed by atoms with Crippen LogP contribution in [0, 0.1) is 0 Å². The van der Waals surface area contributed by atoms with Crippen LogP contribution in [0.25, 0.3) is 0 Å². The summed E-state index contributed by atoms with van der Waals surface area (Å²) in [5.41, 5.74) is 0.676. The molecule has 1 heterocycles. The minimum atomic E-state index is -4.04. The van der Waals surface area contributed by atoms with Crippen molar-refractivity contribution in [3.63, 3.8) is 0 Å². The number of carbonyl (C=O) groups excluding carboxylic acids is 2. The average Bonchev–Trinajstić information content (AvgIpc) is 3.08. The summed E-state index contributed by atoms with van der Waals surface area (Å²) in [6.45, 7) is 1.79. The lowest BCUT2D eigenvalue weighted by molar-refractivity contribution is -0.121. The standard InChI is InChI=1S/C21H24N2O7S2/c1-4-17(14-5-7-15(8-6-14)31(3,26)27)22-32(28,29)16-9-10-19(30-2)18(13-16)23-20(24)11-12-21(23)25/h5-10,13,17,22H,4,11-12H2,1-3H3. The van der Waals surface area contributed by atoms with Crippen LogP contribution >= 0.6 is 0 Å². The van der Waals surface area contributed by atoms with Gasteiger partial charge < -0.3 is 4.74 Å². The van der Waals surface area contributed by atoms with E-state index in [1.807, 2.05) is 0 Å². The molecule has 3 rings (SSSR count). The fourth-order valence-electron chi connectivity index (χ4n) is 3.45. The van der Waals surface area contributed by atoms with Crippen LogP contribution < -0.4 is 14.4 Å². The number of ether oxygens (including phenoxy) is 1. The normalized spacial score (nSPS) is 15.8. The third-order valence-corrected chi connectivity index (χ3v) is 7.77. The topological polar surface area (TPSA) is 127 Å². The number of anilines is 1. The highest BCUT2D eigenvalue weighted by Crippen LogP contribution is 2.34. The smallest absolute Gasteiger partial charge is 0.241 e. The van der Waals surface area contributed by atoms with Gasteiger partial charge in [0.25, 0.3) is 0 Å². The minimum Gasteiger partial charge on any atom is -0.495 e. The molecule has 32 heavy (non-hydrogen) atoms. The fourth-order valence-corrected chi connectivity index (χ4v) is 5.40. The molecule has 0 radical (unpaired) electrons. The fraction of sp³-hybridized carbons (Fsp3) is 0.333. The Morgan fingerprint density at radius 2 is 1.53 bits per heavy atom. The number of benzene rings is 2. The van der Waals surface area contributed by atoms with Crippen molar-refractivity contribution >= 4 is 37.4 Å². The second-order valence-corrected chi connectivity index (χ2v) is 11.1. The van der Waals surface area contributed by atoms with Crippen molar-refractivity contribution < 1.29 is 31.2 Å². The molecule has 1 fully saturated rings. The first-order valence-electron chi connectivity index (χ1n) is 9.84. The van der Waals surface area contributed by atoms with Gasteiger partial charge in [-0.1, -0.05) is 19.1 Å². The number of imide groups is 1. The van der Waals surface area contributed by atoms with Crippen molar-refractivity contribution in [2.75, 3.05) is 18.3 Å². The Hall–Kier alpha value is -2.76. The third kappa shape index (κ3) is 4.84. The first-order valence-corrected chi connectivity index (χ1v) is 13.2. The van der Waals surface area contributed by atoms with Gasteiger partial charge in [-0.25, -0.2) is 26.5 Å². The molecule has 172 valence electrons. The van der Waals surface area contributed by atoms with Crippen LogP contribution in [-0.4, -0.2) is 42.0 Å². The molecule has 0 saturated carbocycles. The molecular weight excluding hydrogens is 456 g/mol. The molecule has 1 unspecified atom stereocenters. The predicted octanol–water partition coefficient (Wildman–Crippen LogP) is 2.18. The molecule has 1 saturated heterocycles. The Morgan fingerprint density at radius 3 is 2.03 bits per heavy atom. The van der Waals surface area contributed by atoms with Crippen LogP contribution in [0.1, 0.15) is 37.8 Å². The van der Waals surface area contributed by atoms with Gasteiger partial charge >= 0.3 is 0 Å². The van der Waals surface area contributed by atoms with E-state index in [1.54, 1.807) is 19.1 Å². The number of sulfone groups is 1. The zero-order valence-electron chi connectivity index (χ0n) is 17.9.